The molecule has 57 valence electrons. The topological polar surface area (TPSA) is 26.3 Å². The van der Waals surface area contributed by atoms with Gasteiger partial charge in [-0.15, -0.1) is 0 Å². The minimum Gasteiger partial charge on any atom is -0.465 e. The second-order valence-electron chi connectivity index (χ2n) is 2.59. The summed E-state index contributed by atoms with van der Waals surface area (Å²) in [5, 5.41) is 0. The average molecular weight is 141 g/mol. The van der Waals surface area contributed by atoms with Gasteiger partial charge in [-0.05, 0) is 19.3 Å². The summed E-state index contributed by atoms with van der Waals surface area (Å²) in [7, 11) is 0. The molecule has 0 N–H and O–H groups in total. The Morgan fingerprint density at radius 3 is 2.80 bits per heavy atom. The Labute approximate surface area is 61.6 Å². The SMILES string of the molecule is CCCCOC(=O)[C]1CC1. The number of carbonyl (C=O) groups is 1. The Balaban J connectivity index is 1.95. The Bertz CT molecular complexity index is 116. The third kappa shape index (κ3) is 2.38. The van der Waals surface area contributed by atoms with Crippen molar-refractivity contribution >= 4 is 5.97 Å². The van der Waals surface area contributed by atoms with Crippen LogP contribution in [0.2, 0.25) is 0 Å². The van der Waals surface area contributed by atoms with E-state index in [-0.39, 0.29) is 5.97 Å². The fraction of sp³-hybridized carbons (Fsp3) is 0.750. The lowest BCUT2D eigenvalue weighted by Crippen LogP contribution is -2.05. The third-order valence-corrected chi connectivity index (χ3v) is 1.52. The number of hydrogen-bond donors (Lipinski definition) is 0. The van der Waals surface area contributed by atoms with E-state index >= 15 is 0 Å². The summed E-state index contributed by atoms with van der Waals surface area (Å²) in [5.74, 6) is 0.907. The van der Waals surface area contributed by atoms with Gasteiger partial charge in [0, 0.05) is 0 Å². The first-order valence-corrected chi connectivity index (χ1v) is 3.86. The summed E-state index contributed by atoms with van der Waals surface area (Å²) in [4.78, 5) is 10.8. The molecule has 2 nitrogen and oxygen atoms in total. The van der Waals surface area contributed by atoms with Crippen molar-refractivity contribution in [3.8, 4) is 0 Å². The van der Waals surface area contributed by atoms with Crippen molar-refractivity contribution in [3.63, 3.8) is 0 Å². The van der Waals surface area contributed by atoms with E-state index in [9.17, 15) is 4.79 Å². The zero-order valence-electron chi connectivity index (χ0n) is 6.35. The first-order chi connectivity index (χ1) is 4.84. The van der Waals surface area contributed by atoms with Gasteiger partial charge in [-0.1, -0.05) is 13.3 Å². The van der Waals surface area contributed by atoms with Crippen LogP contribution >= 0.6 is 0 Å². The fourth-order valence-corrected chi connectivity index (χ4v) is 0.678. The van der Waals surface area contributed by atoms with Crippen LogP contribution < -0.4 is 0 Å². The van der Waals surface area contributed by atoms with Gasteiger partial charge in [-0.25, -0.2) is 0 Å². The average Bonchev–Trinajstić information content (AvgIpc) is 2.69. The molecule has 1 aliphatic carbocycles. The van der Waals surface area contributed by atoms with Crippen molar-refractivity contribution in [2.24, 2.45) is 0 Å². The van der Waals surface area contributed by atoms with Gasteiger partial charge in [0.2, 0.25) is 0 Å². The summed E-state index contributed by atoms with van der Waals surface area (Å²) < 4.78 is 4.93. The zero-order chi connectivity index (χ0) is 7.40. The quantitative estimate of drug-likeness (QED) is 0.440. The maximum atomic E-state index is 10.8. The van der Waals surface area contributed by atoms with E-state index in [1.165, 1.54) is 0 Å². The van der Waals surface area contributed by atoms with Gasteiger partial charge in [-0.2, -0.15) is 0 Å². The normalized spacial score (nSPS) is 16.9. The van der Waals surface area contributed by atoms with Crippen LogP contribution in [0.4, 0.5) is 0 Å². The van der Waals surface area contributed by atoms with Gasteiger partial charge in [0.05, 0.1) is 12.5 Å². The molecule has 0 atom stereocenters. The Kier molecular flexibility index (Phi) is 2.72. The van der Waals surface area contributed by atoms with Crippen molar-refractivity contribution < 1.29 is 9.53 Å². The number of carbonyl (C=O) groups excluding carboxylic acids is 1. The Morgan fingerprint density at radius 1 is 1.60 bits per heavy atom. The van der Waals surface area contributed by atoms with Crippen LogP contribution in [-0.2, 0) is 9.53 Å². The second kappa shape index (κ2) is 3.59. The lowest BCUT2D eigenvalue weighted by Gasteiger charge is -1.99. The first kappa shape index (κ1) is 7.58. The van der Waals surface area contributed by atoms with Gasteiger partial charge < -0.3 is 4.74 Å². The summed E-state index contributed by atoms with van der Waals surface area (Å²) in [6, 6.07) is 0. The number of ether oxygens (including phenoxy) is 1. The molecule has 10 heavy (non-hydrogen) atoms. The second-order valence-corrected chi connectivity index (χ2v) is 2.59. The monoisotopic (exact) mass is 141 g/mol. The molecule has 1 fully saturated rings. The highest BCUT2D eigenvalue weighted by molar-refractivity contribution is 5.88. The van der Waals surface area contributed by atoms with Gasteiger partial charge in [0.25, 0.3) is 0 Å². The number of rotatable bonds is 4. The van der Waals surface area contributed by atoms with Crippen molar-refractivity contribution in [1.82, 2.24) is 0 Å². The molecule has 1 saturated carbocycles. The van der Waals surface area contributed by atoms with Crippen LogP contribution in [0, 0.1) is 5.92 Å². The predicted octanol–water partition coefficient (Wildman–Crippen LogP) is 1.70. The van der Waals surface area contributed by atoms with Crippen molar-refractivity contribution in [1.29, 1.82) is 0 Å². The van der Waals surface area contributed by atoms with Gasteiger partial charge in [-0.3, -0.25) is 4.79 Å². The molecule has 1 rings (SSSR count). The highest BCUT2D eigenvalue weighted by Crippen LogP contribution is 2.32. The largest absolute Gasteiger partial charge is 0.465 e. The Hall–Kier alpha value is -0.530. The molecule has 0 aromatic carbocycles. The molecule has 0 aromatic heterocycles. The maximum Gasteiger partial charge on any atom is 0.313 e. The van der Waals surface area contributed by atoms with E-state index in [0.717, 1.165) is 31.6 Å². The molecule has 1 radical (unpaired) electrons. The van der Waals surface area contributed by atoms with E-state index in [0.29, 0.717) is 6.61 Å². The van der Waals surface area contributed by atoms with Crippen LogP contribution in [0.5, 0.6) is 0 Å². The molecule has 0 aliphatic heterocycles. The lowest BCUT2D eigenvalue weighted by molar-refractivity contribution is -0.140. The standard InChI is InChI=1S/C8H13O2/c1-2-3-6-10-8(9)7-4-5-7/h2-6H2,1H3. The van der Waals surface area contributed by atoms with Gasteiger partial charge in [0.15, 0.2) is 0 Å². The molecule has 0 heterocycles. The van der Waals surface area contributed by atoms with Crippen LogP contribution in [0.25, 0.3) is 0 Å². The van der Waals surface area contributed by atoms with Gasteiger partial charge >= 0.3 is 5.97 Å². The van der Waals surface area contributed by atoms with Gasteiger partial charge in [0.1, 0.15) is 0 Å². The maximum absolute atomic E-state index is 10.8. The molecular formula is C8H13O2. The minimum absolute atomic E-state index is 0.0616. The Morgan fingerprint density at radius 2 is 2.30 bits per heavy atom. The van der Waals surface area contributed by atoms with Crippen LogP contribution in [-0.4, -0.2) is 12.6 Å². The van der Waals surface area contributed by atoms with E-state index in [4.69, 9.17) is 4.74 Å². The molecular weight excluding hydrogens is 128 g/mol. The first-order valence-electron chi connectivity index (χ1n) is 3.86. The molecule has 1 aliphatic rings. The molecule has 0 amide bonds. The number of esters is 1. The molecule has 0 saturated heterocycles. The van der Waals surface area contributed by atoms with E-state index in [1.54, 1.807) is 0 Å². The van der Waals surface area contributed by atoms with E-state index in [2.05, 4.69) is 6.92 Å². The zero-order valence-corrected chi connectivity index (χ0v) is 6.35. The van der Waals surface area contributed by atoms with Crippen LogP contribution in [0.15, 0.2) is 0 Å². The summed E-state index contributed by atoms with van der Waals surface area (Å²) in [5.41, 5.74) is 0. The highest BCUT2D eigenvalue weighted by atomic mass is 16.5. The molecule has 0 unspecified atom stereocenters. The molecule has 0 aromatic rings. The smallest absolute Gasteiger partial charge is 0.313 e. The van der Waals surface area contributed by atoms with E-state index < -0.39 is 0 Å². The van der Waals surface area contributed by atoms with Crippen molar-refractivity contribution in [2.45, 2.75) is 32.6 Å². The molecule has 0 bridgehead atoms. The predicted molar refractivity (Wildman–Crippen MR) is 38.3 cm³/mol. The van der Waals surface area contributed by atoms with Crippen LogP contribution in [0.1, 0.15) is 32.6 Å². The summed E-state index contributed by atoms with van der Waals surface area (Å²) in [6.45, 7) is 2.68. The van der Waals surface area contributed by atoms with Crippen molar-refractivity contribution in [2.75, 3.05) is 6.61 Å². The van der Waals surface area contributed by atoms with E-state index in [1.807, 2.05) is 0 Å². The highest BCUT2D eigenvalue weighted by Gasteiger charge is 2.32. The summed E-state index contributed by atoms with van der Waals surface area (Å²) in [6.07, 6.45) is 4.00. The third-order valence-electron chi connectivity index (χ3n) is 1.52. The number of hydrogen-bond acceptors (Lipinski definition) is 2. The van der Waals surface area contributed by atoms with Crippen LogP contribution in [0.3, 0.4) is 0 Å². The molecule has 0 spiro atoms. The van der Waals surface area contributed by atoms with Crippen molar-refractivity contribution in [3.05, 3.63) is 5.92 Å². The molecule has 2 heteroatoms. The lowest BCUT2D eigenvalue weighted by atomic mass is 10.3. The minimum atomic E-state index is -0.0616. The fourth-order valence-electron chi connectivity index (χ4n) is 0.678. The number of unbranched alkanes of at least 4 members (excludes halogenated alkanes) is 1. The summed E-state index contributed by atoms with van der Waals surface area (Å²) >= 11 is 0.